The topological polar surface area (TPSA) is 48.1 Å². The highest BCUT2D eigenvalue weighted by Crippen LogP contribution is 2.30. The number of hydrogen-bond acceptors (Lipinski definition) is 5. The number of methoxy groups -OCH3 is 1. The van der Waals surface area contributed by atoms with Crippen molar-refractivity contribution in [1.29, 1.82) is 0 Å². The number of hydrogen-bond donors (Lipinski definition) is 1. The first-order chi connectivity index (χ1) is 6.74. The summed E-state index contributed by atoms with van der Waals surface area (Å²) < 4.78 is 6.23. The number of ether oxygens (including phenoxy) is 1. The van der Waals surface area contributed by atoms with E-state index in [9.17, 15) is 0 Å². The summed E-state index contributed by atoms with van der Waals surface area (Å²) in [6.45, 7) is 2.86. The quantitative estimate of drug-likeness (QED) is 0.605. The molecule has 0 atom stereocenters. The standard InChI is InChI=1S/C9H16N2OS2/c1-7-8(14-9(10)11-7)13-6-4-3-5-12-2/h3-6H2,1-2H3,(H2,10,11). The molecule has 0 radical (unpaired) electrons. The van der Waals surface area contributed by atoms with Crippen molar-refractivity contribution in [2.24, 2.45) is 0 Å². The summed E-state index contributed by atoms with van der Waals surface area (Å²) in [5.74, 6) is 1.12. The van der Waals surface area contributed by atoms with E-state index in [1.54, 1.807) is 18.4 Å². The van der Waals surface area contributed by atoms with Crippen LogP contribution in [0.1, 0.15) is 18.5 Å². The largest absolute Gasteiger partial charge is 0.385 e. The fourth-order valence-electron chi connectivity index (χ4n) is 1.05. The molecule has 80 valence electrons. The third-order valence-electron chi connectivity index (χ3n) is 1.75. The summed E-state index contributed by atoms with van der Waals surface area (Å²) in [4.78, 5) is 4.18. The second-order valence-electron chi connectivity index (χ2n) is 2.97. The number of unbranched alkanes of at least 4 members (excludes halogenated alkanes) is 1. The number of nitrogens with two attached hydrogens (primary N) is 1. The van der Waals surface area contributed by atoms with Gasteiger partial charge in [0.05, 0.1) is 9.90 Å². The SMILES string of the molecule is COCCCCSc1sc(N)nc1C. The van der Waals surface area contributed by atoms with Crippen molar-refractivity contribution < 1.29 is 4.74 Å². The number of nitrogen functional groups attached to an aromatic ring is 1. The monoisotopic (exact) mass is 232 g/mol. The van der Waals surface area contributed by atoms with Gasteiger partial charge in [0.15, 0.2) is 5.13 Å². The number of thiazole rings is 1. The first-order valence-corrected chi connectivity index (χ1v) is 6.39. The fraction of sp³-hybridized carbons (Fsp3) is 0.667. The molecule has 0 aromatic carbocycles. The molecule has 1 aromatic heterocycles. The van der Waals surface area contributed by atoms with Crippen LogP contribution >= 0.6 is 23.1 Å². The van der Waals surface area contributed by atoms with E-state index in [1.165, 1.54) is 10.6 Å². The highest BCUT2D eigenvalue weighted by Gasteiger charge is 2.04. The number of anilines is 1. The van der Waals surface area contributed by atoms with Crippen LogP contribution in [0.2, 0.25) is 0 Å². The molecule has 0 amide bonds. The lowest BCUT2D eigenvalue weighted by Crippen LogP contribution is -1.89. The number of aryl methyl sites for hydroxylation is 1. The van der Waals surface area contributed by atoms with Crippen LogP contribution in [0.15, 0.2) is 4.21 Å². The van der Waals surface area contributed by atoms with Gasteiger partial charge in [0.25, 0.3) is 0 Å². The van der Waals surface area contributed by atoms with Crippen molar-refractivity contribution in [3.63, 3.8) is 0 Å². The Kier molecular flexibility index (Phi) is 5.29. The molecular formula is C9H16N2OS2. The minimum atomic E-state index is 0.668. The Balaban J connectivity index is 2.21. The van der Waals surface area contributed by atoms with Crippen LogP contribution in [0, 0.1) is 6.92 Å². The molecule has 0 fully saturated rings. The zero-order chi connectivity index (χ0) is 10.4. The second kappa shape index (κ2) is 6.27. The van der Waals surface area contributed by atoms with Gasteiger partial charge >= 0.3 is 0 Å². The molecule has 0 saturated carbocycles. The minimum absolute atomic E-state index is 0.668. The molecular weight excluding hydrogens is 216 g/mol. The van der Waals surface area contributed by atoms with E-state index in [2.05, 4.69) is 4.98 Å². The van der Waals surface area contributed by atoms with Crippen LogP contribution in [0.3, 0.4) is 0 Å². The van der Waals surface area contributed by atoms with Gasteiger partial charge in [-0.15, -0.1) is 11.8 Å². The van der Waals surface area contributed by atoms with Crippen molar-refractivity contribution in [2.75, 3.05) is 25.2 Å². The first-order valence-electron chi connectivity index (χ1n) is 4.58. The van der Waals surface area contributed by atoms with Crippen LogP contribution in [0.4, 0.5) is 5.13 Å². The Labute approximate surface area is 93.1 Å². The number of rotatable bonds is 6. The van der Waals surface area contributed by atoms with E-state index in [1.807, 2.05) is 18.7 Å². The summed E-state index contributed by atoms with van der Waals surface area (Å²) in [7, 11) is 1.74. The normalized spacial score (nSPS) is 10.7. The maximum Gasteiger partial charge on any atom is 0.181 e. The maximum atomic E-state index is 5.61. The van der Waals surface area contributed by atoms with Gasteiger partial charge in [-0.05, 0) is 25.5 Å². The molecule has 14 heavy (non-hydrogen) atoms. The minimum Gasteiger partial charge on any atom is -0.385 e. The molecule has 1 heterocycles. The van der Waals surface area contributed by atoms with Gasteiger partial charge in [0.2, 0.25) is 0 Å². The lowest BCUT2D eigenvalue weighted by Gasteiger charge is -1.99. The highest BCUT2D eigenvalue weighted by molar-refractivity contribution is 8.01. The van der Waals surface area contributed by atoms with Gasteiger partial charge in [-0.25, -0.2) is 4.98 Å². The van der Waals surface area contributed by atoms with Gasteiger partial charge < -0.3 is 10.5 Å². The Morgan fingerprint density at radius 1 is 1.50 bits per heavy atom. The zero-order valence-electron chi connectivity index (χ0n) is 8.58. The Bertz CT molecular complexity index is 276. The molecule has 3 nitrogen and oxygen atoms in total. The van der Waals surface area contributed by atoms with E-state index in [4.69, 9.17) is 10.5 Å². The van der Waals surface area contributed by atoms with E-state index in [0.29, 0.717) is 5.13 Å². The molecule has 2 N–H and O–H groups in total. The number of aromatic nitrogens is 1. The number of thioether (sulfide) groups is 1. The molecule has 0 unspecified atom stereocenters. The summed E-state index contributed by atoms with van der Waals surface area (Å²) in [6.07, 6.45) is 2.30. The summed E-state index contributed by atoms with van der Waals surface area (Å²) in [6, 6.07) is 0. The highest BCUT2D eigenvalue weighted by atomic mass is 32.2. The fourth-order valence-corrected chi connectivity index (χ4v) is 3.15. The Morgan fingerprint density at radius 2 is 2.29 bits per heavy atom. The van der Waals surface area contributed by atoms with Crippen LogP contribution in [0.25, 0.3) is 0 Å². The predicted octanol–water partition coefficient (Wildman–Crippen LogP) is 2.55. The molecule has 0 spiro atoms. The molecule has 0 bridgehead atoms. The molecule has 0 aliphatic rings. The maximum absolute atomic E-state index is 5.61. The summed E-state index contributed by atoms with van der Waals surface area (Å²) in [5.41, 5.74) is 6.66. The van der Waals surface area contributed by atoms with Gasteiger partial charge in [-0.2, -0.15) is 0 Å². The molecule has 1 aromatic rings. The molecule has 1 rings (SSSR count). The van der Waals surface area contributed by atoms with Crippen LogP contribution < -0.4 is 5.73 Å². The van der Waals surface area contributed by atoms with Gasteiger partial charge in [0.1, 0.15) is 0 Å². The van der Waals surface area contributed by atoms with Crippen LogP contribution in [-0.4, -0.2) is 24.5 Å². The summed E-state index contributed by atoms with van der Waals surface area (Å²) in [5, 5.41) is 0.668. The lowest BCUT2D eigenvalue weighted by molar-refractivity contribution is 0.194. The predicted molar refractivity (Wildman–Crippen MR) is 63.1 cm³/mol. The molecule has 0 saturated heterocycles. The molecule has 0 aliphatic carbocycles. The van der Waals surface area contributed by atoms with Crippen molar-refractivity contribution >= 4 is 28.2 Å². The second-order valence-corrected chi connectivity index (χ2v) is 5.37. The van der Waals surface area contributed by atoms with E-state index >= 15 is 0 Å². The average molecular weight is 232 g/mol. The van der Waals surface area contributed by atoms with Crippen LogP contribution in [-0.2, 0) is 4.74 Å². The van der Waals surface area contributed by atoms with Gasteiger partial charge in [0, 0.05) is 13.7 Å². The Morgan fingerprint density at radius 3 is 2.86 bits per heavy atom. The third-order valence-corrected chi connectivity index (χ3v) is 4.18. The van der Waals surface area contributed by atoms with Crippen molar-refractivity contribution in [3.8, 4) is 0 Å². The van der Waals surface area contributed by atoms with E-state index in [0.717, 1.165) is 24.5 Å². The van der Waals surface area contributed by atoms with Crippen LogP contribution in [0.5, 0.6) is 0 Å². The molecule has 0 aliphatic heterocycles. The first kappa shape index (κ1) is 11.8. The zero-order valence-corrected chi connectivity index (χ0v) is 10.2. The van der Waals surface area contributed by atoms with Crippen molar-refractivity contribution in [1.82, 2.24) is 4.98 Å². The smallest absolute Gasteiger partial charge is 0.181 e. The van der Waals surface area contributed by atoms with E-state index in [-0.39, 0.29) is 0 Å². The van der Waals surface area contributed by atoms with Gasteiger partial charge in [-0.1, -0.05) is 11.3 Å². The third kappa shape index (κ3) is 3.86. The van der Waals surface area contributed by atoms with Gasteiger partial charge in [-0.3, -0.25) is 0 Å². The summed E-state index contributed by atoms with van der Waals surface area (Å²) >= 11 is 3.42. The molecule has 5 heteroatoms. The lowest BCUT2D eigenvalue weighted by atomic mass is 10.4. The number of nitrogens with zero attached hydrogens (tertiary/aromatic N) is 1. The Hall–Kier alpha value is -0.260. The average Bonchev–Trinajstić information content (AvgIpc) is 2.45. The van der Waals surface area contributed by atoms with Crippen molar-refractivity contribution in [2.45, 2.75) is 24.0 Å². The van der Waals surface area contributed by atoms with E-state index < -0.39 is 0 Å². The van der Waals surface area contributed by atoms with Crippen molar-refractivity contribution in [3.05, 3.63) is 5.69 Å².